The zero-order chi connectivity index (χ0) is 14.8. The van der Waals surface area contributed by atoms with E-state index in [-0.39, 0.29) is 0 Å². The number of halogens is 3. The van der Waals surface area contributed by atoms with E-state index in [0.717, 1.165) is 24.3 Å². The van der Waals surface area contributed by atoms with E-state index in [1.54, 1.807) is 13.1 Å². The number of piperazine rings is 1. The summed E-state index contributed by atoms with van der Waals surface area (Å²) in [6.07, 6.45) is -1.26. The standard InChI is InChI=1S/C14H20F3N3/c1-11-10-18-4-3-13(11)20-7-5-19(6-8-20)12(2)9-14(15,16)17/h3-4,10,12H,5-9H2,1-2H3/t12-/m1/s1. The van der Waals surface area contributed by atoms with Crippen LogP contribution in [-0.4, -0.2) is 48.3 Å². The predicted octanol–water partition coefficient (Wildman–Crippen LogP) is 2.85. The fourth-order valence-electron chi connectivity index (χ4n) is 2.69. The second-order valence-corrected chi connectivity index (χ2v) is 5.35. The summed E-state index contributed by atoms with van der Waals surface area (Å²) < 4.78 is 37.2. The van der Waals surface area contributed by atoms with Crippen molar-refractivity contribution in [1.82, 2.24) is 9.88 Å². The first kappa shape index (κ1) is 15.1. The summed E-state index contributed by atoms with van der Waals surface area (Å²) in [5.41, 5.74) is 2.23. The van der Waals surface area contributed by atoms with Crippen LogP contribution in [0.5, 0.6) is 0 Å². The highest BCUT2D eigenvalue weighted by molar-refractivity contribution is 5.51. The van der Waals surface area contributed by atoms with Crippen LogP contribution in [0.4, 0.5) is 18.9 Å². The van der Waals surface area contributed by atoms with Gasteiger partial charge in [0.05, 0.1) is 6.42 Å². The van der Waals surface area contributed by atoms with E-state index in [1.807, 2.05) is 24.1 Å². The molecule has 0 saturated carbocycles. The van der Waals surface area contributed by atoms with Gasteiger partial charge in [0.1, 0.15) is 0 Å². The molecule has 0 bridgehead atoms. The van der Waals surface area contributed by atoms with E-state index in [1.165, 1.54) is 0 Å². The number of anilines is 1. The van der Waals surface area contributed by atoms with Crippen molar-refractivity contribution < 1.29 is 13.2 Å². The summed E-state index contributed by atoms with van der Waals surface area (Å²) in [5, 5.41) is 0. The Kier molecular flexibility index (Phi) is 4.52. The second kappa shape index (κ2) is 5.99. The Hall–Kier alpha value is -1.30. The van der Waals surface area contributed by atoms with Gasteiger partial charge < -0.3 is 4.90 Å². The molecular formula is C14H20F3N3. The van der Waals surface area contributed by atoms with Crippen LogP contribution in [0.25, 0.3) is 0 Å². The first-order valence-electron chi connectivity index (χ1n) is 6.83. The Bertz CT molecular complexity index is 440. The zero-order valence-electron chi connectivity index (χ0n) is 11.8. The summed E-state index contributed by atoms with van der Waals surface area (Å²) in [6.45, 7) is 6.50. The quantitative estimate of drug-likeness (QED) is 0.852. The highest BCUT2D eigenvalue weighted by atomic mass is 19.4. The minimum absolute atomic E-state index is 0.448. The van der Waals surface area contributed by atoms with Crippen LogP contribution in [0, 0.1) is 6.92 Å². The molecule has 0 N–H and O–H groups in total. The van der Waals surface area contributed by atoms with Crippen molar-refractivity contribution in [1.29, 1.82) is 0 Å². The number of pyridine rings is 1. The SMILES string of the molecule is Cc1cnccc1N1CCN([C@H](C)CC(F)(F)F)CC1. The molecule has 6 heteroatoms. The monoisotopic (exact) mass is 287 g/mol. The fraction of sp³-hybridized carbons (Fsp3) is 0.643. The van der Waals surface area contributed by atoms with Gasteiger partial charge in [0.2, 0.25) is 0 Å². The van der Waals surface area contributed by atoms with Crippen molar-refractivity contribution in [3.8, 4) is 0 Å². The van der Waals surface area contributed by atoms with E-state index < -0.39 is 18.6 Å². The van der Waals surface area contributed by atoms with Gasteiger partial charge in [-0.25, -0.2) is 0 Å². The molecule has 2 heterocycles. The summed E-state index contributed by atoms with van der Waals surface area (Å²) in [6, 6.07) is 1.51. The van der Waals surface area contributed by atoms with Crippen LogP contribution in [0.2, 0.25) is 0 Å². The van der Waals surface area contributed by atoms with Gasteiger partial charge in [-0.3, -0.25) is 9.88 Å². The molecule has 0 amide bonds. The molecule has 1 aromatic heterocycles. The normalized spacial score (nSPS) is 19.1. The van der Waals surface area contributed by atoms with Gasteiger partial charge in [-0.15, -0.1) is 0 Å². The zero-order valence-corrected chi connectivity index (χ0v) is 11.8. The molecule has 0 radical (unpaired) electrons. The van der Waals surface area contributed by atoms with Gasteiger partial charge in [-0.2, -0.15) is 13.2 Å². The van der Waals surface area contributed by atoms with Gasteiger partial charge in [0.15, 0.2) is 0 Å². The largest absolute Gasteiger partial charge is 0.390 e. The lowest BCUT2D eigenvalue weighted by atomic mass is 10.1. The van der Waals surface area contributed by atoms with E-state index in [0.29, 0.717) is 13.1 Å². The maximum atomic E-state index is 12.4. The Morgan fingerprint density at radius 2 is 1.90 bits per heavy atom. The third kappa shape index (κ3) is 3.85. The number of aromatic nitrogens is 1. The van der Waals surface area contributed by atoms with Crippen LogP contribution in [0.15, 0.2) is 18.5 Å². The number of alkyl halides is 3. The van der Waals surface area contributed by atoms with Crippen LogP contribution in [0.1, 0.15) is 18.9 Å². The maximum absolute atomic E-state index is 12.4. The maximum Gasteiger partial charge on any atom is 0.390 e. The van der Waals surface area contributed by atoms with Gasteiger partial charge in [-0.1, -0.05) is 0 Å². The minimum atomic E-state index is -4.09. The number of hydrogen-bond acceptors (Lipinski definition) is 3. The highest BCUT2D eigenvalue weighted by Gasteiger charge is 2.33. The average molecular weight is 287 g/mol. The molecule has 2 rings (SSSR count). The molecule has 0 unspecified atom stereocenters. The van der Waals surface area contributed by atoms with Crippen molar-refractivity contribution in [3.63, 3.8) is 0 Å². The van der Waals surface area contributed by atoms with Gasteiger partial charge >= 0.3 is 6.18 Å². The molecule has 112 valence electrons. The first-order chi connectivity index (χ1) is 9.37. The van der Waals surface area contributed by atoms with Crippen LogP contribution in [-0.2, 0) is 0 Å². The van der Waals surface area contributed by atoms with Crippen molar-refractivity contribution in [2.45, 2.75) is 32.5 Å². The van der Waals surface area contributed by atoms with Crippen molar-refractivity contribution in [2.24, 2.45) is 0 Å². The van der Waals surface area contributed by atoms with Gasteiger partial charge in [0, 0.05) is 50.3 Å². The topological polar surface area (TPSA) is 19.4 Å². The molecule has 1 aliphatic heterocycles. The lowest BCUT2D eigenvalue weighted by Crippen LogP contribution is -2.50. The number of hydrogen-bond donors (Lipinski definition) is 0. The lowest BCUT2D eigenvalue weighted by Gasteiger charge is -2.39. The van der Waals surface area contributed by atoms with E-state index in [9.17, 15) is 13.2 Å². The summed E-state index contributed by atoms with van der Waals surface area (Å²) in [5.74, 6) is 0. The number of rotatable bonds is 3. The van der Waals surface area contributed by atoms with Crippen LogP contribution < -0.4 is 4.90 Å². The minimum Gasteiger partial charge on any atom is -0.369 e. The van der Waals surface area contributed by atoms with Crippen LogP contribution in [0.3, 0.4) is 0 Å². The third-order valence-corrected chi connectivity index (χ3v) is 3.80. The molecular weight excluding hydrogens is 267 g/mol. The smallest absolute Gasteiger partial charge is 0.369 e. The van der Waals surface area contributed by atoms with Crippen molar-refractivity contribution in [3.05, 3.63) is 24.0 Å². The van der Waals surface area contributed by atoms with Gasteiger partial charge in [0.25, 0.3) is 0 Å². The molecule has 0 spiro atoms. The molecule has 3 nitrogen and oxygen atoms in total. The highest BCUT2D eigenvalue weighted by Crippen LogP contribution is 2.25. The third-order valence-electron chi connectivity index (χ3n) is 3.80. The molecule has 0 aliphatic carbocycles. The van der Waals surface area contributed by atoms with Gasteiger partial charge in [-0.05, 0) is 25.5 Å². The molecule has 1 aromatic rings. The number of nitrogens with zero attached hydrogens (tertiary/aromatic N) is 3. The van der Waals surface area contributed by atoms with E-state index in [4.69, 9.17) is 0 Å². The Morgan fingerprint density at radius 3 is 2.45 bits per heavy atom. The molecule has 1 atom stereocenters. The predicted molar refractivity (Wildman–Crippen MR) is 72.9 cm³/mol. The van der Waals surface area contributed by atoms with E-state index >= 15 is 0 Å². The average Bonchev–Trinajstić information content (AvgIpc) is 2.37. The summed E-state index contributed by atoms with van der Waals surface area (Å²) in [4.78, 5) is 8.19. The second-order valence-electron chi connectivity index (χ2n) is 5.35. The molecule has 1 saturated heterocycles. The first-order valence-corrected chi connectivity index (χ1v) is 6.83. The van der Waals surface area contributed by atoms with Crippen molar-refractivity contribution in [2.75, 3.05) is 31.1 Å². The molecule has 1 aliphatic rings. The number of aryl methyl sites for hydroxylation is 1. The Labute approximate surface area is 117 Å². The summed E-state index contributed by atoms with van der Waals surface area (Å²) >= 11 is 0. The molecule has 0 aromatic carbocycles. The fourth-order valence-corrected chi connectivity index (χ4v) is 2.69. The molecule has 20 heavy (non-hydrogen) atoms. The van der Waals surface area contributed by atoms with E-state index in [2.05, 4.69) is 9.88 Å². The molecule has 1 fully saturated rings. The summed E-state index contributed by atoms with van der Waals surface area (Å²) in [7, 11) is 0. The lowest BCUT2D eigenvalue weighted by molar-refractivity contribution is -0.146. The van der Waals surface area contributed by atoms with Crippen LogP contribution >= 0.6 is 0 Å². The Morgan fingerprint density at radius 1 is 1.25 bits per heavy atom. The van der Waals surface area contributed by atoms with Crippen molar-refractivity contribution >= 4 is 5.69 Å². The Balaban J connectivity index is 1.91.